The van der Waals surface area contributed by atoms with Crippen LogP contribution in [0.25, 0.3) is 10.6 Å². The molecule has 4 heteroatoms. The van der Waals surface area contributed by atoms with Gasteiger partial charge in [0.25, 0.3) is 0 Å². The largest absolute Gasteiger partial charge is 0.312 e. The minimum atomic E-state index is 0.432. The second-order valence-corrected chi connectivity index (χ2v) is 6.48. The van der Waals surface area contributed by atoms with Gasteiger partial charge in [0, 0.05) is 14.9 Å². The summed E-state index contributed by atoms with van der Waals surface area (Å²) in [5, 5.41) is 4.51. The van der Waals surface area contributed by atoms with Crippen molar-refractivity contribution < 1.29 is 0 Å². The Morgan fingerprint density at radius 2 is 2.22 bits per heavy atom. The van der Waals surface area contributed by atoms with Gasteiger partial charge in [0.05, 0.1) is 11.7 Å². The van der Waals surface area contributed by atoms with Crippen LogP contribution in [0.3, 0.4) is 0 Å². The van der Waals surface area contributed by atoms with E-state index in [4.69, 9.17) is 4.98 Å². The van der Waals surface area contributed by atoms with Crippen molar-refractivity contribution in [3.8, 4) is 10.6 Å². The number of fused-ring (bicyclic) bond motifs is 1. The lowest BCUT2D eigenvalue weighted by atomic mass is 9.98. The molecule has 1 aliphatic rings. The van der Waals surface area contributed by atoms with Gasteiger partial charge in [-0.3, -0.25) is 0 Å². The Hall–Kier alpha value is -0.710. The maximum Gasteiger partial charge on any atom is 0.125 e. The van der Waals surface area contributed by atoms with Crippen LogP contribution in [-0.2, 0) is 6.42 Å². The summed E-state index contributed by atoms with van der Waals surface area (Å²) < 4.78 is 1.12. The normalized spacial score (nSPS) is 18.7. The van der Waals surface area contributed by atoms with Gasteiger partial charge in [-0.2, -0.15) is 0 Å². The van der Waals surface area contributed by atoms with Gasteiger partial charge in [-0.1, -0.05) is 34.1 Å². The molecule has 0 fully saturated rings. The molecule has 0 spiro atoms. The van der Waals surface area contributed by atoms with Gasteiger partial charge in [-0.25, -0.2) is 4.98 Å². The molecule has 3 rings (SSSR count). The number of nitrogens with zero attached hydrogens (tertiary/aromatic N) is 1. The van der Waals surface area contributed by atoms with E-state index in [1.165, 1.54) is 35.4 Å². The van der Waals surface area contributed by atoms with Crippen LogP contribution in [0, 0.1) is 0 Å². The number of hydrogen-bond donors (Lipinski definition) is 1. The second kappa shape index (κ2) is 5.11. The average Bonchev–Trinajstić information content (AvgIpc) is 2.82. The first-order valence-electron chi connectivity index (χ1n) is 6.21. The van der Waals surface area contributed by atoms with Crippen LogP contribution >= 0.6 is 27.3 Å². The molecule has 0 aliphatic heterocycles. The van der Waals surface area contributed by atoms with Gasteiger partial charge in [0.15, 0.2) is 0 Å². The molecule has 0 amide bonds. The number of thiazole rings is 1. The molecule has 1 unspecified atom stereocenters. The number of hydrogen-bond acceptors (Lipinski definition) is 3. The molecule has 0 bridgehead atoms. The minimum absolute atomic E-state index is 0.432. The SMILES string of the molecule is CNC1CCCc2sc(-c3ccccc3Br)nc21. The predicted molar refractivity (Wildman–Crippen MR) is 80.0 cm³/mol. The number of rotatable bonds is 2. The Morgan fingerprint density at radius 1 is 1.39 bits per heavy atom. The standard InChI is InChI=1S/C14H15BrN2S/c1-16-11-7-4-8-12-13(11)17-14(18-12)9-5-2-3-6-10(9)15/h2-3,5-6,11,16H,4,7-8H2,1H3. The molecule has 0 radical (unpaired) electrons. The first-order chi connectivity index (χ1) is 8.79. The number of nitrogens with one attached hydrogen (secondary N) is 1. The molecule has 1 atom stereocenters. The third kappa shape index (κ3) is 2.13. The first-order valence-corrected chi connectivity index (χ1v) is 7.82. The summed E-state index contributed by atoms with van der Waals surface area (Å²) in [6, 6.07) is 8.74. The summed E-state index contributed by atoms with van der Waals surface area (Å²) in [5.74, 6) is 0. The van der Waals surface area contributed by atoms with Crippen LogP contribution in [0.15, 0.2) is 28.7 Å². The van der Waals surface area contributed by atoms with E-state index in [1.807, 2.05) is 24.5 Å². The predicted octanol–water partition coefficient (Wildman–Crippen LogP) is 4.17. The Balaban J connectivity index is 2.05. The lowest BCUT2D eigenvalue weighted by Crippen LogP contribution is -2.21. The number of benzene rings is 1. The molecule has 2 nitrogen and oxygen atoms in total. The van der Waals surface area contributed by atoms with Gasteiger partial charge < -0.3 is 5.32 Å². The molecular formula is C14H15BrN2S. The number of halogens is 1. The lowest BCUT2D eigenvalue weighted by molar-refractivity contribution is 0.490. The fraction of sp³-hybridized carbons (Fsp3) is 0.357. The van der Waals surface area contributed by atoms with E-state index in [1.54, 1.807) is 0 Å². The van der Waals surface area contributed by atoms with Crippen LogP contribution < -0.4 is 5.32 Å². The fourth-order valence-electron chi connectivity index (χ4n) is 2.45. The maximum absolute atomic E-state index is 4.86. The summed E-state index contributed by atoms with van der Waals surface area (Å²) in [6.07, 6.45) is 3.63. The van der Waals surface area contributed by atoms with Crippen molar-refractivity contribution in [2.75, 3.05) is 7.05 Å². The summed E-state index contributed by atoms with van der Waals surface area (Å²) in [5.41, 5.74) is 2.46. The third-order valence-corrected chi connectivity index (χ3v) is 5.26. The highest BCUT2D eigenvalue weighted by molar-refractivity contribution is 9.10. The van der Waals surface area contributed by atoms with Crippen molar-refractivity contribution in [2.45, 2.75) is 25.3 Å². The highest BCUT2D eigenvalue weighted by Crippen LogP contribution is 2.38. The van der Waals surface area contributed by atoms with Crippen LogP contribution in [-0.4, -0.2) is 12.0 Å². The van der Waals surface area contributed by atoms with E-state index in [9.17, 15) is 0 Å². The Labute approximate surface area is 120 Å². The summed E-state index contributed by atoms with van der Waals surface area (Å²) in [4.78, 5) is 6.31. The molecule has 1 heterocycles. The Morgan fingerprint density at radius 3 is 3.00 bits per heavy atom. The molecule has 0 saturated carbocycles. The quantitative estimate of drug-likeness (QED) is 0.897. The molecule has 1 aliphatic carbocycles. The fourth-order valence-corrected chi connectivity index (χ4v) is 4.26. The van der Waals surface area contributed by atoms with E-state index in [-0.39, 0.29) is 0 Å². The smallest absolute Gasteiger partial charge is 0.125 e. The van der Waals surface area contributed by atoms with E-state index >= 15 is 0 Å². The molecule has 0 saturated heterocycles. The van der Waals surface area contributed by atoms with E-state index in [0.29, 0.717) is 6.04 Å². The van der Waals surface area contributed by atoms with Gasteiger partial charge >= 0.3 is 0 Å². The monoisotopic (exact) mass is 322 g/mol. The van der Waals surface area contributed by atoms with Crippen LogP contribution in [0.2, 0.25) is 0 Å². The molecule has 94 valence electrons. The number of aromatic nitrogens is 1. The van der Waals surface area contributed by atoms with E-state index in [0.717, 1.165) is 9.48 Å². The average molecular weight is 323 g/mol. The molecule has 2 aromatic rings. The summed E-state index contributed by atoms with van der Waals surface area (Å²) >= 11 is 5.45. The van der Waals surface area contributed by atoms with Crippen molar-refractivity contribution >= 4 is 27.3 Å². The lowest BCUT2D eigenvalue weighted by Gasteiger charge is -2.19. The molecule has 1 aromatic carbocycles. The van der Waals surface area contributed by atoms with Crippen molar-refractivity contribution in [2.24, 2.45) is 0 Å². The molecule has 1 aromatic heterocycles. The van der Waals surface area contributed by atoms with E-state index in [2.05, 4.69) is 39.4 Å². The Bertz CT molecular complexity index is 565. The maximum atomic E-state index is 4.86. The minimum Gasteiger partial charge on any atom is -0.312 e. The number of aryl methyl sites for hydroxylation is 1. The van der Waals surface area contributed by atoms with Crippen LogP contribution in [0.5, 0.6) is 0 Å². The van der Waals surface area contributed by atoms with Crippen molar-refractivity contribution in [1.82, 2.24) is 10.3 Å². The van der Waals surface area contributed by atoms with Gasteiger partial charge in [-0.05, 0) is 32.4 Å². The zero-order chi connectivity index (χ0) is 12.5. The summed E-state index contributed by atoms with van der Waals surface area (Å²) in [7, 11) is 2.03. The zero-order valence-electron chi connectivity index (χ0n) is 10.2. The molecular weight excluding hydrogens is 308 g/mol. The highest BCUT2D eigenvalue weighted by Gasteiger charge is 2.24. The molecule has 1 N–H and O–H groups in total. The second-order valence-electron chi connectivity index (χ2n) is 4.54. The topological polar surface area (TPSA) is 24.9 Å². The zero-order valence-corrected chi connectivity index (χ0v) is 12.6. The Kier molecular flexibility index (Phi) is 3.50. The van der Waals surface area contributed by atoms with Crippen LogP contribution in [0.1, 0.15) is 29.5 Å². The van der Waals surface area contributed by atoms with E-state index < -0.39 is 0 Å². The van der Waals surface area contributed by atoms with Gasteiger partial charge in [0.2, 0.25) is 0 Å². The van der Waals surface area contributed by atoms with Crippen molar-refractivity contribution in [1.29, 1.82) is 0 Å². The van der Waals surface area contributed by atoms with Crippen molar-refractivity contribution in [3.05, 3.63) is 39.3 Å². The summed E-state index contributed by atoms with van der Waals surface area (Å²) in [6.45, 7) is 0. The van der Waals surface area contributed by atoms with Crippen LogP contribution in [0.4, 0.5) is 0 Å². The highest BCUT2D eigenvalue weighted by atomic mass is 79.9. The van der Waals surface area contributed by atoms with Gasteiger partial charge in [0.1, 0.15) is 5.01 Å². The van der Waals surface area contributed by atoms with Crippen molar-refractivity contribution in [3.63, 3.8) is 0 Å². The third-order valence-electron chi connectivity index (χ3n) is 3.41. The first kappa shape index (κ1) is 12.3. The van der Waals surface area contributed by atoms with Gasteiger partial charge in [-0.15, -0.1) is 11.3 Å². The molecule has 18 heavy (non-hydrogen) atoms.